The summed E-state index contributed by atoms with van der Waals surface area (Å²) in [6.45, 7) is 1.21. The van der Waals surface area contributed by atoms with E-state index in [-0.39, 0.29) is 17.9 Å². The van der Waals surface area contributed by atoms with Crippen molar-refractivity contribution < 1.29 is 9.59 Å². The van der Waals surface area contributed by atoms with E-state index in [1.165, 1.54) is 0 Å². The van der Waals surface area contributed by atoms with E-state index in [4.69, 9.17) is 23.2 Å². The Morgan fingerprint density at radius 1 is 1.00 bits per heavy atom. The lowest BCUT2D eigenvalue weighted by atomic mass is 10.0. The maximum absolute atomic E-state index is 12.4. The third-order valence-corrected chi connectivity index (χ3v) is 4.97. The van der Waals surface area contributed by atoms with Crippen molar-refractivity contribution >= 4 is 35.0 Å². The van der Waals surface area contributed by atoms with Crippen molar-refractivity contribution in [1.29, 1.82) is 0 Å². The second kappa shape index (κ2) is 7.85. The van der Waals surface area contributed by atoms with Gasteiger partial charge in [0.2, 0.25) is 0 Å². The van der Waals surface area contributed by atoms with E-state index in [2.05, 4.69) is 10.3 Å². The molecule has 0 unspecified atom stereocenters. The van der Waals surface area contributed by atoms with Crippen molar-refractivity contribution in [2.24, 2.45) is 0 Å². The van der Waals surface area contributed by atoms with E-state index in [0.29, 0.717) is 47.1 Å². The van der Waals surface area contributed by atoms with Gasteiger partial charge in [0, 0.05) is 42.7 Å². The fraction of sp³-hybridized carbons (Fsp3) is 0.278. The van der Waals surface area contributed by atoms with Crippen molar-refractivity contribution in [2.75, 3.05) is 13.1 Å². The van der Waals surface area contributed by atoms with Crippen molar-refractivity contribution in [3.05, 3.63) is 63.9 Å². The molecule has 0 bridgehead atoms. The van der Waals surface area contributed by atoms with Gasteiger partial charge in [0.05, 0.1) is 10.0 Å². The molecular weight excluding hydrogens is 361 g/mol. The number of amides is 2. The van der Waals surface area contributed by atoms with Gasteiger partial charge >= 0.3 is 0 Å². The fourth-order valence-electron chi connectivity index (χ4n) is 2.81. The summed E-state index contributed by atoms with van der Waals surface area (Å²) < 4.78 is 0. The number of hydrogen-bond acceptors (Lipinski definition) is 3. The first-order valence-electron chi connectivity index (χ1n) is 8.00. The largest absolute Gasteiger partial charge is 0.349 e. The van der Waals surface area contributed by atoms with Crippen LogP contribution < -0.4 is 5.32 Å². The molecule has 0 radical (unpaired) electrons. The monoisotopic (exact) mass is 377 g/mol. The minimum Gasteiger partial charge on any atom is -0.349 e. The van der Waals surface area contributed by atoms with Crippen LogP contribution in [0, 0.1) is 0 Å². The molecule has 7 heteroatoms. The molecule has 2 aromatic rings. The van der Waals surface area contributed by atoms with Gasteiger partial charge in [-0.1, -0.05) is 23.2 Å². The van der Waals surface area contributed by atoms with Crippen molar-refractivity contribution in [3.8, 4) is 0 Å². The highest BCUT2D eigenvalue weighted by molar-refractivity contribution is 6.42. The Morgan fingerprint density at radius 2 is 1.68 bits per heavy atom. The van der Waals surface area contributed by atoms with Crippen LogP contribution in [0.25, 0.3) is 0 Å². The van der Waals surface area contributed by atoms with Crippen LogP contribution in [0.4, 0.5) is 0 Å². The summed E-state index contributed by atoms with van der Waals surface area (Å²) in [4.78, 5) is 30.4. The summed E-state index contributed by atoms with van der Waals surface area (Å²) in [6, 6.07) is 8.26. The smallest absolute Gasteiger partial charge is 0.253 e. The summed E-state index contributed by atoms with van der Waals surface area (Å²) in [5, 5.41) is 3.76. The number of carbonyl (C=O) groups excluding carboxylic acids is 2. The van der Waals surface area contributed by atoms with Gasteiger partial charge in [-0.15, -0.1) is 0 Å². The molecule has 2 heterocycles. The fourth-order valence-corrected chi connectivity index (χ4v) is 3.11. The molecule has 1 aliphatic heterocycles. The SMILES string of the molecule is O=C(NC1CCN(C(=O)c2ccncc2)CC1)c1ccc(Cl)c(Cl)c1. The normalized spacial score (nSPS) is 15.0. The molecule has 1 aromatic carbocycles. The van der Waals surface area contributed by atoms with E-state index in [1.807, 2.05) is 0 Å². The van der Waals surface area contributed by atoms with E-state index in [1.54, 1.807) is 47.6 Å². The topological polar surface area (TPSA) is 62.3 Å². The first-order valence-corrected chi connectivity index (χ1v) is 8.75. The Labute approximate surface area is 155 Å². The number of nitrogens with one attached hydrogen (secondary N) is 1. The second-order valence-corrected chi connectivity index (χ2v) is 6.72. The highest BCUT2D eigenvalue weighted by atomic mass is 35.5. The Balaban J connectivity index is 1.54. The molecule has 130 valence electrons. The molecule has 0 aliphatic carbocycles. The zero-order valence-electron chi connectivity index (χ0n) is 13.4. The average Bonchev–Trinajstić information content (AvgIpc) is 2.64. The highest BCUT2D eigenvalue weighted by Crippen LogP contribution is 2.23. The molecule has 5 nitrogen and oxygen atoms in total. The van der Waals surface area contributed by atoms with Gasteiger partial charge in [0.1, 0.15) is 0 Å². The van der Waals surface area contributed by atoms with E-state index >= 15 is 0 Å². The molecule has 2 amide bonds. The quantitative estimate of drug-likeness (QED) is 0.890. The molecule has 0 spiro atoms. The van der Waals surface area contributed by atoms with Gasteiger partial charge in [-0.25, -0.2) is 0 Å². The third kappa shape index (κ3) is 4.30. The Hall–Kier alpha value is -2.11. The van der Waals surface area contributed by atoms with Crippen LogP contribution in [0.3, 0.4) is 0 Å². The van der Waals surface area contributed by atoms with E-state index in [0.717, 1.165) is 0 Å². The number of rotatable bonds is 3. The van der Waals surface area contributed by atoms with Crippen LogP contribution >= 0.6 is 23.2 Å². The Bertz CT molecular complexity index is 775. The Kier molecular flexibility index (Phi) is 5.56. The maximum atomic E-state index is 12.4. The molecule has 1 saturated heterocycles. The molecule has 3 rings (SSSR count). The molecular formula is C18H17Cl2N3O2. The Morgan fingerprint density at radius 3 is 2.32 bits per heavy atom. The van der Waals surface area contributed by atoms with Gasteiger partial charge in [0.15, 0.2) is 0 Å². The van der Waals surface area contributed by atoms with Crippen molar-refractivity contribution in [3.63, 3.8) is 0 Å². The zero-order valence-corrected chi connectivity index (χ0v) is 14.9. The first kappa shape index (κ1) is 17.7. The number of pyridine rings is 1. The summed E-state index contributed by atoms with van der Waals surface area (Å²) >= 11 is 11.8. The number of benzene rings is 1. The summed E-state index contributed by atoms with van der Waals surface area (Å²) in [5.41, 5.74) is 1.11. The number of likely N-dealkylation sites (tertiary alicyclic amines) is 1. The maximum Gasteiger partial charge on any atom is 0.253 e. The van der Waals surface area contributed by atoms with Crippen LogP contribution in [0.5, 0.6) is 0 Å². The lowest BCUT2D eigenvalue weighted by molar-refractivity contribution is 0.0698. The lowest BCUT2D eigenvalue weighted by Gasteiger charge is -2.32. The van der Waals surface area contributed by atoms with E-state index in [9.17, 15) is 9.59 Å². The molecule has 1 aromatic heterocycles. The molecule has 1 fully saturated rings. The molecule has 1 N–H and O–H groups in total. The predicted molar refractivity (Wildman–Crippen MR) is 97.1 cm³/mol. The standard InChI is InChI=1S/C18H17Cl2N3O2/c19-15-2-1-13(11-16(15)20)17(24)22-14-5-9-23(10-6-14)18(25)12-3-7-21-8-4-12/h1-4,7-8,11,14H,5-6,9-10H2,(H,22,24). The number of hydrogen-bond donors (Lipinski definition) is 1. The predicted octanol–water partition coefficient (Wildman–Crippen LogP) is 3.42. The summed E-state index contributed by atoms with van der Waals surface area (Å²) in [7, 11) is 0. The van der Waals surface area contributed by atoms with Crippen LogP contribution in [0.2, 0.25) is 10.0 Å². The van der Waals surface area contributed by atoms with Crippen LogP contribution in [0.1, 0.15) is 33.6 Å². The minimum absolute atomic E-state index is 0.00309. The second-order valence-electron chi connectivity index (χ2n) is 5.90. The van der Waals surface area contributed by atoms with Gasteiger partial charge in [-0.05, 0) is 43.2 Å². The number of aromatic nitrogens is 1. The number of piperidine rings is 1. The average molecular weight is 378 g/mol. The number of carbonyl (C=O) groups is 2. The lowest BCUT2D eigenvalue weighted by Crippen LogP contribution is -2.46. The van der Waals surface area contributed by atoms with Crippen molar-refractivity contribution in [1.82, 2.24) is 15.2 Å². The molecule has 25 heavy (non-hydrogen) atoms. The van der Waals surface area contributed by atoms with Gasteiger partial charge in [0.25, 0.3) is 11.8 Å². The highest BCUT2D eigenvalue weighted by Gasteiger charge is 2.25. The molecule has 1 aliphatic rings. The first-order chi connectivity index (χ1) is 12.0. The van der Waals surface area contributed by atoms with Gasteiger partial charge in [-0.3, -0.25) is 14.6 Å². The number of nitrogens with zero attached hydrogens (tertiary/aromatic N) is 2. The number of halogens is 2. The van der Waals surface area contributed by atoms with Crippen molar-refractivity contribution in [2.45, 2.75) is 18.9 Å². The third-order valence-electron chi connectivity index (χ3n) is 4.23. The minimum atomic E-state index is -0.183. The molecule has 0 atom stereocenters. The van der Waals surface area contributed by atoms with Crippen LogP contribution in [-0.2, 0) is 0 Å². The molecule has 0 saturated carbocycles. The van der Waals surface area contributed by atoms with Crippen LogP contribution in [0.15, 0.2) is 42.7 Å². The van der Waals surface area contributed by atoms with Gasteiger partial charge < -0.3 is 10.2 Å². The van der Waals surface area contributed by atoms with E-state index < -0.39 is 0 Å². The van der Waals surface area contributed by atoms with Crippen LogP contribution in [-0.4, -0.2) is 40.8 Å². The summed E-state index contributed by atoms with van der Waals surface area (Å²) in [6.07, 6.45) is 4.64. The van der Waals surface area contributed by atoms with Gasteiger partial charge in [-0.2, -0.15) is 0 Å². The summed E-state index contributed by atoms with van der Waals surface area (Å²) in [5.74, 6) is -0.186. The zero-order chi connectivity index (χ0) is 17.8.